The third-order valence-electron chi connectivity index (χ3n) is 5.54. The van der Waals surface area contributed by atoms with Crippen LogP contribution in [0.2, 0.25) is 0 Å². The van der Waals surface area contributed by atoms with Gasteiger partial charge >= 0.3 is 6.61 Å². The summed E-state index contributed by atoms with van der Waals surface area (Å²) in [6.45, 7) is 1.05. The van der Waals surface area contributed by atoms with Crippen LogP contribution in [0.3, 0.4) is 0 Å². The molecule has 0 radical (unpaired) electrons. The monoisotopic (exact) mass is 472 g/mol. The number of carbonyl (C=O) groups excluding carboxylic acids is 2. The number of aryl methyl sites for hydroxylation is 1. The fraction of sp³-hybridized carbons (Fsp3) is 0.385. The molecule has 0 aromatic heterocycles. The van der Waals surface area contributed by atoms with Crippen molar-refractivity contribution in [2.24, 2.45) is 0 Å². The summed E-state index contributed by atoms with van der Waals surface area (Å²) in [7, 11) is 0. The molecule has 1 heterocycles. The van der Waals surface area contributed by atoms with Crippen molar-refractivity contribution in [2.75, 3.05) is 32.8 Å². The molecule has 182 valence electrons. The second-order valence-corrected chi connectivity index (χ2v) is 7.90. The molecule has 0 unspecified atom stereocenters. The molecular weight excluding hydrogens is 442 g/mol. The zero-order chi connectivity index (χ0) is 24.3. The van der Waals surface area contributed by atoms with Crippen molar-refractivity contribution in [1.29, 1.82) is 0 Å². The number of benzene rings is 2. The van der Waals surface area contributed by atoms with Crippen LogP contribution in [0.25, 0.3) is 6.08 Å². The number of halogens is 2. The summed E-state index contributed by atoms with van der Waals surface area (Å²) in [4.78, 5) is 28.6. The van der Waals surface area contributed by atoms with Crippen molar-refractivity contribution < 1.29 is 27.8 Å². The maximum absolute atomic E-state index is 12.6. The molecular formula is C26H30F2N2O4. The van der Waals surface area contributed by atoms with E-state index in [1.807, 2.05) is 23.1 Å². The van der Waals surface area contributed by atoms with Gasteiger partial charge in [-0.3, -0.25) is 9.59 Å². The van der Waals surface area contributed by atoms with Crippen LogP contribution in [0.4, 0.5) is 8.78 Å². The maximum Gasteiger partial charge on any atom is 0.387 e. The molecule has 2 amide bonds. The van der Waals surface area contributed by atoms with Gasteiger partial charge in [0.25, 0.3) is 0 Å². The third kappa shape index (κ3) is 7.57. The van der Waals surface area contributed by atoms with Gasteiger partial charge in [-0.1, -0.05) is 36.4 Å². The topological polar surface area (TPSA) is 59.1 Å². The van der Waals surface area contributed by atoms with E-state index in [0.717, 1.165) is 12.8 Å². The molecule has 0 N–H and O–H groups in total. The molecule has 0 bridgehead atoms. The van der Waals surface area contributed by atoms with E-state index >= 15 is 0 Å². The lowest BCUT2D eigenvalue weighted by Gasteiger charge is -2.34. The van der Waals surface area contributed by atoms with Gasteiger partial charge in [-0.25, -0.2) is 0 Å². The average Bonchev–Trinajstić information content (AvgIpc) is 2.84. The molecule has 3 rings (SSSR count). The smallest absolute Gasteiger partial charge is 0.387 e. The zero-order valence-corrected chi connectivity index (χ0v) is 19.3. The first-order valence-corrected chi connectivity index (χ1v) is 11.5. The predicted octanol–water partition coefficient (Wildman–Crippen LogP) is 4.39. The number of ether oxygens (including phenoxy) is 2. The lowest BCUT2D eigenvalue weighted by Crippen LogP contribution is -2.50. The number of rotatable bonds is 10. The van der Waals surface area contributed by atoms with Gasteiger partial charge in [0, 0.05) is 38.7 Å². The lowest BCUT2D eigenvalue weighted by atomic mass is 10.1. The average molecular weight is 473 g/mol. The molecule has 1 aliphatic rings. The number of piperazine rings is 1. The fourth-order valence-electron chi connectivity index (χ4n) is 3.79. The van der Waals surface area contributed by atoms with Gasteiger partial charge < -0.3 is 19.3 Å². The first-order valence-electron chi connectivity index (χ1n) is 11.5. The second-order valence-electron chi connectivity index (χ2n) is 7.90. The van der Waals surface area contributed by atoms with Gasteiger partial charge in [0.2, 0.25) is 11.8 Å². The van der Waals surface area contributed by atoms with E-state index in [4.69, 9.17) is 4.74 Å². The van der Waals surface area contributed by atoms with Crippen molar-refractivity contribution in [3.05, 3.63) is 65.7 Å². The Morgan fingerprint density at radius 2 is 1.71 bits per heavy atom. The van der Waals surface area contributed by atoms with Crippen molar-refractivity contribution in [2.45, 2.75) is 32.8 Å². The summed E-state index contributed by atoms with van der Waals surface area (Å²) in [5, 5.41) is 0. The van der Waals surface area contributed by atoms with Crippen molar-refractivity contribution in [3.8, 4) is 11.5 Å². The largest absolute Gasteiger partial charge is 0.490 e. The lowest BCUT2D eigenvalue weighted by molar-refractivity contribution is -0.137. The standard InChI is InChI=1S/C26H30F2N2O4/c1-2-33-23-19-21(11-13-22(23)34-26(27)28)12-14-25(32)30-17-15-29(16-18-30)24(31)10-6-9-20-7-4-3-5-8-20/h3-5,7-8,11-14,19,26H,2,6,9-10,15-18H2,1H3/b14-12+. The van der Waals surface area contributed by atoms with E-state index in [1.54, 1.807) is 30.0 Å². The Kier molecular flexibility index (Phi) is 9.43. The Bertz CT molecular complexity index is 974. The number of alkyl halides is 2. The van der Waals surface area contributed by atoms with Crippen LogP contribution < -0.4 is 9.47 Å². The number of hydrogen-bond donors (Lipinski definition) is 0. The van der Waals surface area contributed by atoms with Crippen LogP contribution in [0.1, 0.15) is 30.9 Å². The minimum atomic E-state index is -2.95. The summed E-state index contributed by atoms with van der Waals surface area (Å²) in [6.07, 6.45) is 5.22. The summed E-state index contributed by atoms with van der Waals surface area (Å²) in [5.41, 5.74) is 1.85. The van der Waals surface area contributed by atoms with E-state index in [0.29, 0.717) is 44.8 Å². The van der Waals surface area contributed by atoms with Gasteiger partial charge in [0.15, 0.2) is 11.5 Å². The van der Waals surface area contributed by atoms with Crippen LogP contribution in [0.5, 0.6) is 11.5 Å². The first-order chi connectivity index (χ1) is 16.5. The molecule has 2 aromatic carbocycles. The Balaban J connectivity index is 1.46. The number of hydrogen-bond acceptors (Lipinski definition) is 4. The normalized spacial score (nSPS) is 14.0. The molecule has 0 spiro atoms. The quantitative estimate of drug-likeness (QED) is 0.481. The van der Waals surface area contributed by atoms with E-state index in [-0.39, 0.29) is 23.3 Å². The molecule has 34 heavy (non-hydrogen) atoms. The molecule has 0 aliphatic carbocycles. The third-order valence-corrected chi connectivity index (χ3v) is 5.54. The van der Waals surface area contributed by atoms with Gasteiger partial charge in [-0.05, 0) is 49.1 Å². The highest BCUT2D eigenvalue weighted by Crippen LogP contribution is 2.30. The van der Waals surface area contributed by atoms with Gasteiger partial charge in [0.1, 0.15) is 0 Å². The molecule has 1 fully saturated rings. The SMILES string of the molecule is CCOc1cc(/C=C/C(=O)N2CCN(C(=O)CCCc3ccccc3)CC2)ccc1OC(F)F. The Morgan fingerprint density at radius 1 is 1.00 bits per heavy atom. The van der Waals surface area contributed by atoms with Crippen molar-refractivity contribution in [1.82, 2.24) is 9.80 Å². The molecule has 1 aliphatic heterocycles. The number of carbonyl (C=O) groups is 2. The van der Waals surface area contributed by atoms with Gasteiger partial charge in [0.05, 0.1) is 6.61 Å². The van der Waals surface area contributed by atoms with Crippen molar-refractivity contribution >= 4 is 17.9 Å². The maximum atomic E-state index is 12.6. The number of amides is 2. The highest BCUT2D eigenvalue weighted by atomic mass is 19.3. The van der Waals surface area contributed by atoms with E-state index in [9.17, 15) is 18.4 Å². The van der Waals surface area contributed by atoms with Gasteiger partial charge in [-0.2, -0.15) is 8.78 Å². The highest BCUT2D eigenvalue weighted by Gasteiger charge is 2.22. The first kappa shape index (κ1) is 25.2. The van der Waals surface area contributed by atoms with Crippen LogP contribution in [-0.2, 0) is 16.0 Å². The predicted molar refractivity (Wildman–Crippen MR) is 126 cm³/mol. The minimum Gasteiger partial charge on any atom is -0.490 e. The summed E-state index contributed by atoms with van der Waals surface area (Å²) in [5.74, 6) is 0.0943. The van der Waals surface area contributed by atoms with Crippen LogP contribution in [0, 0.1) is 0 Å². The van der Waals surface area contributed by atoms with Crippen LogP contribution in [0.15, 0.2) is 54.6 Å². The number of nitrogens with zero attached hydrogens (tertiary/aromatic N) is 2. The Hall–Kier alpha value is -3.42. The van der Waals surface area contributed by atoms with E-state index in [2.05, 4.69) is 16.9 Å². The Labute approximate surface area is 198 Å². The summed E-state index contributed by atoms with van der Waals surface area (Å²) >= 11 is 0. The summed E-state index contributed by atoms with van der Waals surface area (Å²) in [6, 6.07) is 14.6. The zero-order valence-electron chi connectivity index (χ0n) is 19.3. The fourth-order valence-corrected chi connectivity index (χ4v) is 3.79. The van der Waals surface area contributed by atoms with E-state index in [1.165, 1.54) is 17.7 Å². The molecule has 0 saturated carbocycles. The van der Waals surface area contributed by atoms with Crippen molar-refractivity contribution in [3.63, 3.8) is 0 Å². The summed E-state index contributed by atoms with van der Waals surface area (Å²) < 4.78 is 34.9. The van der Waals surface area contributed by atoms with Crippen LogP contribution in [-0.4, -0.2) is 61.0 Å². The second kappa shape index (κ2) is 12.7. The Morgan fingerprint density at radius 3 is 2.38 bits per heavy atom. The van der Waals surface area contributed by atoms with E-state index < -0.39 is 6.61 Å². The molecule has 8 heteroatoms. The molecule has 1 saturated heterocycles. The van der Waals surface area contributed by atoms with Crippen LogP contribution >= 0.6 is 0 Å². The molecule has 2 aromatic rings. The van der Waals surface area contributed by atoms with Gasteiger partial charge in [-0.15, -0.1) is 0 Å². The molecule has 0 atom stereocenters. The molecule has 6 nitrogen and oxygen atoms in total. The highest BCUT2D eigenvalue weighted by molar-refractivity contribution is 5.92. The minimum absolute atomic E-state index is 0.0510.